The summed E-state index contributed by atoms with van der Waals surface area (Å²) in [7, 11) is -3.90. The Morgan fingerprint density at radius 2 is 1.89 bits per heavy atom. The summed E-state index contributed by atoms with van der Waals surface area (Å²) in [5.74, 6) is -3.92. The molecule has 1 saturated heterocycles. The molecule has 4 aliphatic rings. The maximum atomic E-state index is 14.2. The highest BCUT2D eigenvalue weighted by Crippen LogP contribution is 2.45. The SMILES string of the molecule is C=CC(=O)N[C@H](C)C(=O)N1C[C@H](OC(=O)N2Cc3cccc(F)c3C2)C[C@H]1C(=O)N[C@]1(C(=O)NS(=O)(=O)C2CC2)C[C@H]1C=C. The number of nitrogens with zero attached hydrogens (tertiary/aromatic N) is 2. The minimum atomic E-state index is -3.90. The van der Waals surface area contributed by atoms with Gasteiger partial charge in [0.25, 0.3) is 5.91 Å². The molecule has 236 valence electrons. The summed E-state index contributed by atoms with van der Waals surface area (Å²) in [6.07, 6.45) is 1.55. The third-order valence-electron chi connectivity index (χ3n) is 8.46. The molecule has 13 nitrogen and oxygen atoms in total. The Kier molecular flexibility index (Phi) is 8.27. The van der Waals surface area contributed by atoms with E-state index >= 15 is 0 Å². The lowest BCUT2D eigenvalue weighted by Crippen LogP contribution is -2.58. The molecule has 3 N–H and O–H groups in total. The lowest BCUT2D eigenvalue weighted by atomic mass is 10.1. The first-order valence-corrected chi connectivity index (χ1v) is 15.8. The van der Waals surface area contributed by atoms with Gasteiger partial charge in [0.15, 0.2) is 0 Å². The molecule has 5 rings (SSSR count). The molecule has 0 bridgehead atoms. The number of carbonyl (C=O) groups is 5. The normalized spacial score (nSPS) is 26.2. The molecule has 2 saturated carbocycles. The van der Waals surface area contributed by atoms with E-state index in [1.807, 2.05) is 0 Å². The van der Waals surface area contributed by atoms with Crippen molar-refractivity contribution in [2.24, 2.45) is 5.92 Å². The van der Waals surface area contributed by atoms with Gasteiger partial charge >= 0.3 is 6.09 Å². The molecular formula is C29H34FN5O8S. The van der Waals surface area contributed by atoms with Crippen LogP contribution in [0.25, 0.3) is 0 Å². The molecule has 0 unspecified atom stereocenters. The monoisotopic (exact) mass is 631 g/mol. The number of rotatable bonds is 10. The Morgan fingerprint density at radius 3 is 2.50 bits per heavy atom. The van der Waals surface area contributed by atoms with Crippen LogP contribution in [0.2, 0.25) is 0 Å². The Balaban J connectivity index is 1.32. The second kappa shape index (κ2) is 11.7. The van der Waals surface area contributed by atoms with Gasteiger partial charge in [-0.1, -0.05) is 24.8 Å². The highest BCUT2D eigenvalue weighted by molar-refractivity contribution is 7.91. The van der Waals surface area contributed by atoms with Crippen LogP contribution in [-0.2, 0) is 47.0 Å². The number of amides is 5. The first-order valence-electron chi connectivity index (χ1n) is 14.3. The van der Waals surface area contributed by atoms with Crippen LogP contribution >= 0.6 is 0 Å². The summed E-state index contributed by atoms with van der Waals surface area (Å²) < 4.78 is 46.8. The summed E-state index contributed by atoms with van der Waals surface area (Å²) in [5.41, 5.74) is -0.564. The van der Waals surface area contributed by atoms with E-state index < -0.39 is 80.5 Å². The maximum absolute atomic E-state index is 14.2. The lowest BCUT2D eigenvalue weighted by molar-refractivity contribution is -0.141. The van der Waals surface area contributed by atoms with Crippen molar-refractivity contribution in [2.75, 3.05) is 6.54 Å². The van der Waals surface area contributed by atoms with Crippen LogP contribution in [0.4, 0.5) is 9.18 Å². The number of sulfonamides is 1. The van der Waals surface area contributed by atoms with E-state index in [9.17, 15) is 36.8 Å². The van der Waals surface area contributed by atoms with E-state index in [1.165, 1.54) is 24.0 Å². The van der Waals surface area contributed by atoms with Gasteiger partial charge < -0.3 is 20.3 Å². The quantitative estimate of drug-likeness (QED) is 0.249. The molecule has 0 spiro atoms. The molecular weight excluding hydrogens is 597 g/mol. The third kappa shape index (κ3) is 6.05. The highest BCUT2D eigenvalue weighted by atomic mass is 32.2. The summed E-state index contributed by atoms with van der Waals surface area (Å²) in [6.45, 7) is 8.37. The molecule has 0 aromatic heterocycles. The molecule has 2 heterocycles. The fraction of sp³-hybridized carbons (Fsp3) is 0.483. The van der Waals surface area contributed by atoms with E-state index in [1.54, 1.807) is 12.1 Å². The topological polar surface area (TPSA) is 171 Å². The lowest BCUT2D eigenvalue weighted by Gasteiger charge is -2.28. The Labute approximate surface area is 253 Å². The Morgan fingerprint density at radius 1 is 1.16 bits per heavy atom. The van der Waals surface area contributed by atoms with Crippen LogP contribution in [-0.4, -0.2) is 83.5 Å². The molecule has 3 fully saturated rings. The predicted molar refractivity (Wildman–Crippen MR) is 153 cm³/mol. The number of fused-ring (bicyclic) bond motifs is 1. The van der Waals surface area contributed by atoms with Crippen molar-refractivity contribution in [3.05, 3.63) is 60.5 Å². The molecule has 1 aromatic rings. The smallest absolute Gasteiger partial charge is 0.410 e. The number of hydrogen-bond donors (Lipinski definition) is 3. The zero-order chi connectivity index (χ0) is 32.0. The average molecular weight is 632 g/mol. The zero-order valence-electron chi connectivity index (χ0n) is 24.1. The number of hydrogen-bond acceptors (Lipinski definition) is 8. The summed E-state index contributed by atoms with van der Waals surface area (Å²) in [5, 5.41) is 4.42. The van der Waals surface area contributed by atoms with Crippen molar-refractivity contribution in [2.45, 2.75) is 74.7 Å². The van der Waals surface area contributed by atoms with Crippen LogP contribution in [0, 0.1) is 11.7 Å². The van der Waals surface area contributed by atoms with Gasteiger partial charge in [-0.2, -0.15) is 0 Å². The third-order valence-corrected chi connectivity index (χ3v) is 10.3. The second-order valence-corrected chi connectivity index (χ2v) is 13.6. The van der Waals surface area contributed by atoms with Crippen LogP contribution in [0.15, 0.2) is 43.5 Å². The van der Waals surface area contributed by atoms with Crippen molar-refractivity contribution in [3.8, 4) is 0 Å². The van der Waals surface area contributed by atoms with E-state index in [4.69, 9.17) is 4.74 Å². The van der Waals surface area contributed by atoms with Gasteiger partial charge in [0, 0.05) is 24.4 Å². The minimum absolute atomic E-state index is 0.00488. The van der Waals surface area contributed by atoms with Gasteiger partial charge in [0.05, 0.1) is 18.3 Å². The maximum Gasteiger partial charge on any atom is 0.410 e. The van der Waals surface area contributed by atoms with E-state index in [-0.39, 0.29) is 32.5 Å². The van der Waals surface area contributed by atoms with Crippen molar-refractivity contribution in [3.63, 3.8) is 0 Å². The first-order chi connectivity index (χ1) is 20.8. The van der Waals surface area contributed by atoms with Crippen molar-refractivity contribution >= 4 is 39.7 Å². The van der Waals surface area contributed by atoms with Crippen molar-refractivity contribution in [1.82, 2.24) is 25.2 Å². The summed E-state index contributed by atoms with van der Waals surface area (Å²) >= 11 is 0. The molecule has 0 radical (unpaired) electrons. The van der Waals surface area contributed by atoms with Gasteiger partial charge in [-0.25, -0.2) is 17.6 Å². The van der Waals surface area contributed by atoms with Crippen molar-refractivity contribution < 1.29 is 41.5 Å². The van der Waals surface area contributed by atoms with E-state index in [0.717, 1.165) is 11.0 Å². The largest absolute Gasteiger partial charge is 0.444 e. The van der Waals surface area contributed by atoms with E-state index in [0.29, 0.717) is 24.0 Å². The number of likely N-dealkylation sites (tertiary alicyclic amines) is 1. The van der Waals surface area contributed by atoms with Gasteiger partial charge in [-0.3, -0.25) is 28.8 Å². The fourth-order valence-corrected chi connectivity index (χ4v) is 7.07. The Hall–Kier alpha value is -4.27. The number of nitrogens with one attached hydrogen (secondary N) is 3. The molecule has 5 amide bonds. The minimum Gasteiger partial charge on any atom is -0.444 e. The average Bonchev–Trinajstić information content (AvgIpc) is 3.87. The molecule has 2 aliphatic carbocycles. The van der Waals surface area contributed by atoms with Gasteiger partial charge in [-0.05, 0) is 43.9 Å². The van der Waals surface area contributed by atoms with Crippen LogP contribution < -0.4 is 15.4 Å². The second-order valence-electron chi connectivity index (χ2n) is 11.6. The molecule has 2 aliphatic heterocycles. The highest BCUT2D eigenvalue weighted by Gasteiger charge is 2.62. The zero-order valence-corrected chi connectivity index (χ0v) is 24.9. The van der Waals surface area contributed by atoms with Crippen LogP contribution in [0.1, 0.15) is 43.7 Å². The van der Waals surface area contributed by atoms with Gasteiger partial charge in [0.2, 0.25) is 27.7 Å². The van der Waals surface area contributed by atoms with Gasteiger partial charge in [0.1, 0.15) is 29.5 Å². The molecule has 1 aromatic carbocycles. The van der Waals surface area contributed by atoms with Crippen LogP contribution in [0.3, 0.4) is 0 Å². The summed E-state index contributed by atoms with van der Waals surface area (Å²) in [6, 6.07) is 2.24. The van der Waals surface area contributed by atoms with E-state index in [2.05, 4.69) is 28.5 Å². The van der Waals surface area contributed by atoms with Gasteiger partial charge in [-0.15, -0.1) is 6.58 Å². The fourth-order valence-electron chi connectivity index (χ4n) is 5.70. The first kappa shape index (κ1) is 31.2. The Bertz CT molecular complexity index is 1550. The molecule has 5 atom stereocenters. The number of ether oxygens (including phenoxy) is 1. The van der Waals surface area contributed by atoms with Crippen LogP contribution in [0.5, 0.6) is 0 Å². The predicted octanol–water partition coefficient (Wildman–Crippen LogP) is 0.607. The van der Waals surface area contributed by atoms with Crippen molar-refractivity contribution in [1.29, 1.82) is 0 Å². The molecule has 44 heavy (non-hydrogen) atoms. The summed E-state index contributed by atoms with van der Waals surface area (Å²) in [4.78, 5) is 67.6. The number of carbonyl (C=O) groups excluding carboxylic acids is 5. The standard InChI is InChI=1S/C29H34FN5O8S/c1-4-18-12-29(18,27(39)33-44(41,42)20-9-10-20)32-25(37)23-11-19(14-35(23)26(38)16(3)31-24(36)5-2)43-28(40)34-13-17-7-6-8-22(30)21(17)15-34/h4-8,16,18-20,23H,1-2,9-15H2,3H3,(H,31,36)(H,32,37)(H,33,39)/t16-,18-,19-,23+,29-/m1/s1. The molecule has 15 heteroatoms. The number of benzene rings is 1. The number of halogens is 1.